The van der Waals surface area contributed by atoms with E-state index in [0.29, 0.717) is 5.56 Å². The Morgan fingerprint density at radius 2 is 1.34 bits per heavy atom. The smallest absolute Gasteiger partial charge is 0.445 e. The largest absolute Gasteiger partial charge is 0.471 e. The van der Waals surface area contributed by atoms with Crippen LogP contribution in [0.3, 0.4) is 0 Å². The SMILES string of the molecule is O=C(OCc1ccc([N+](=O)[O-])cc1)N(CCCCNC(=O)C(F)(F)F)CCCNC(=O)C(F)(F)F. The molecule has 0 heterocycles. The van der Waals surface area contributed by atoms with Crippen LogP contribution in [0.4, 0.5) is 36.8 Å². The van der Waals surface area contributed by atoms with Crippen molar-refractivity contribution in [1.29, 1.82) is 0 Å². The Kier molecular flexibility index (Phi) is 11.2. The molecule has 0 spiro atoms. The number of nitro groups is 1. The Bertz CT molecular complexity index is 876. The number of ether oxygens (including phenoxy) is 1. The molecule has 0 bridgehead atoms. The van der Waals surface area contributed by atoms with Crippen LogP contribution in [-0.2, 0) is 20.9 Å². The first-order chi connectivity index (χ1) is 16.2. The highest BCUT2D eigenvalue weighted by Gasteiger charge is 2.38. The molecule has 0 radical (unpaired) electrons. The summed E-state index contributed by atoms with van der Waals surface area (Å²) in [6.07, 6.45) is -10.9. The van der Waals surface area contributed by atoms with Gasteiger partial charge in [0.25, 0.3) is 5.69 Å². The molecule has 3 amide bonds. The van der Waals surface area contributed by atoms with Crippen LogP contribution in [-0.4, -0.2) is 66.3 Å². The van der Waals surface area contributed by atoms with E-state index in [1.807, 2.05) is 0 Å². The van der Waals surface area contributed by atoms with Gasteiger partial charge in [0.05, 0.1) is 4.92 Å². The minimum absolute atomic E-state index is 0.0543. The summed E-state index contributed by atoms with van der Waals surface area (Å²) in [5.41, 5.74) is 0.233. The quantitative estimate of drug-likeness (QED) is 0.190. The number of non-ortho nitro benzene ring substituents is 1. The predicted octanol–water partition coefficient (Wildman–Crippen LogP) is 3.06. The second kappa shape index (κ2) is 13.3. The van der Waals surface area contributed by atoms with E-state index in [-0.39, 0.29) is 51.2 Å². The Balaban J connectivity index is 2.59. The minimum atomic E-state index is -5.07. The van der Waals surface area contributed by atoms with E-state index in [0.717, 1.165) is 4.90 Å². The summed E-state index contributed by atoms with van der Waals surface area (Å²) >= 11 is 0. The van der Waals surface area contributed by atoms with Gasteiger partial charge in [-0.15, -0.1) is 0 Å². The monoisotopic (exact) mass is 516 g/mol. The Hall–Kier alpha value is -3.59. The lowest BCUT2D eigenvalue weighted by atomic mass is 10.2. The maximum Gasteiger partial charge on any atom is 0.471 e. The van der Waals surface area contributed by atoms with Gasteiger partial charge >= 0.3 is 30.3 Å². The molecule has 1 aromatic carbocycles. The van der Waals surface area contributed by atoms with Crippen LogP contribution < -0.4 is 10.6 Å². The number of nitrogens with one attached hydrogen (secondary N) is 2. The molecule has 35 heavy (non-hydrogen) atoms. The first-order valence-electron chi connectivity index (χ1n) is 10.1. The summed E-state index contributed by atoms with van der Waals surface area (Å²) in [5, 5.41) is 14.0. The molecular formula is C19H22F6N4O6. The van der Waals surface area contributed by atoms with Crippen LogP contribution in [0.2, 0.25) is 0 Å². The second-order valence-corrected chi connectivity index (χ2v) is 7.03. The molecule has 16 heteroatoms. The average Bonchev–Trinajstić information content (AvgIpc) is 2.77. The number of nitrogens with zero attached hydrogens (tertiary/aromatic N) is 2. The van der Waals surface area contributed by atoms with E-state index >= 15 is 0 Å². The number of nitro benzene ring substituents is 1. The van der Waals surface area contributed by atoms with Gasteiger partial charge in [-0.2, -0.15) is 26.3 Å². The summed E-state index contributed by atoms with van der Waals surface area (Å²) in [4.78, 5) is 45.1. The molecule has 0 aliphatic carbocycles. The normalized spacial score (nSPS) is 11.5. The fourth-order valence-electron chi connectivity index (χ4n) is 2.55. The predicted molar refractivity (Wildman–Crippen MR) is 107 cm³/mol. The van der Waals surface area contributed by atoms with Crippen LogP contribution >= 0.6 is 0 Å². The molecule has 0 unspecified atom stereocenters. The lowest BCUT2D eigenvalue weighted by molar-refractivity contribution is -0.384. The molecule has 1 aromatic rings. The van der Waals surface area contributed by atoms with E-state index < -0.39 is 41.7 Å². The molecule has 0 saturated carbocycles. The van der Waals surface area contributed by atoms with Gasteiger partial charge in [-0.05, 0) is 37.0 Å². The highest BCUT2D eigenvalue weighted by Crippen LogP contribution is 2.15. The Labute approximate surface area is 194 Å². The lowest BCUT2D eigenvalue weighted by Crippen LogP contribution is -2.40. The zero-order chi connectivity index (χ0) is 26.6. The average molecular weight is 516 g/mol. The third-order valence-electron chi connectivity index (χ3n) is 4.31. The minimum Gasteiger partial charge on any atom is -0.445 e. The van der Waals surface area contributed by atoms with Crippen molar-refractivity contribution >= 4 is 23.6 Å². The van der Waals surface area contributed by atoms with E-state index in [2.05, 4.69) is 0 Å². The summed E-state index contributed by atoms with van der Waals surface area (Å²) < 4.78 is 78.3. The van der Waals surface area contributed by atoms with Crippen molar-refractivity contribution in [1.82, 2.24) is 15.5 Å². The van der Waals surface area contributed by atoms with E-state index in [1.165, 1.54) is 24.3 Å². The number of unbranched alkanes of at least 4 members (excludes halogenated alkanes) is 1. The number of hydrogen-bond donors (Lipinski definition) is 2. The molecule has 0 fully saturated rings. The number of rotatable bonds is 12. The van der Waals surface area contributed by atoms with Gasteiger partial charge < -0.3 is 20.3 Å². The number of alkyl halides is 6. The standard InChI is InChI=1S/C19H22F6N4O6/c20-18(21,22)15(30)26-8-1-2-10-28(11-3-9-27-16(31)19(23,24)25)17(32)35-12-13-4-6-14(7-5-13)29(33)34/h4-7H,1-3,8-12H2,(H,26,30)(H,27,31). The van der Waals surface area contributed by atoms with Crippen molar-refractivity contribution in [3.63, 3.8) is 0 Å². The highest BCUT2D eigenvalue weighted by atomic mass is 19.4. The maximum atomic E-state index is 12.4. The fraction of sp³-hybridized carbons (Fsp3) is 0.526. The van der Waals surface area contributed by atoms with Crippen molar-refractivity contribution in [2.45, 2.75) is 38.2 Å². The molecule has 1 rings (SSSR count). The maximum absolute atomic E-state index is 12.4. The van der Waals surface area contributed by atoms with Crippen LogP contribution in [0.15, 0.2) is 24.3 Å². The van der Waals surface area contributed by atoms with E-state index in [4.69, 9.17) is 4.74 Å². The summed E-state index contributed by atoms with van der Waals surface area (Å²) in [6, 6.07) is 5.09. The van der Waals surface area contributed by atoms with Crippen molar-refractivity contribution in [3.05, 3.63) is 39.9 Å². The fourth-order valence-corrected chi connectivity index (χ4v) is 2.55. The number of amides is 3. The summed E-state index contributed by atoms with van der Waals surface area (Å²) in [5.74, 6) is -4.26. The first-order valence-corrected chi connectivity index (χ1v) is 10.1. The van der Waals surface area contributed by atoms with Crippen molar-refractivity contribution in [2.75, 3.05) is 26.2 Å². The molecular weight excluding hydrogens is 494 g/mol. The van der Waals surface area contributed by atoms with Gasteiger partial charge in [0.1, 0.15) is 6.61 Å². The van der Waals surface area contributed by atoms with Crippen molar-refractivity contribution in [3.8, 4) is 0 Å². The van der Waals surface area contributed by atoms with Crippen molar-refractivity contribution < 1.29 is 50.4 Å². The van der Waals surface area contributed by atoms with E-state index in [1.54, 1.807) is 10.6 Å². The molecule has 0 aromatic heterocycles. The summed E-state index contributed by atoms with van der Waals surface area (Å²) in [6.45, 7) is -1.22. The van der Waals surface area contributed by atoms with Crippen LogP contribution in [0.1, 0.15) is 24.8 Å². The summed E-state index contributed by atoms with van der Waals surface area (Å²) in [7, 11) is 0. The Morgan fingerprint density at radius 1 is 0.857 bits per heavy atom. The van der Waals surface area contributed by atoms with Gasteiger partial charge in [0, 0.05) is 38.3 Å². The first kappa shape index (κ1) is 29.4. The zero-order valence-electron chi connectivity index (χ0n) is 18.1. The number of carbonyl (C=O) groups is 3. The lowest BCUT2D eigenvalue weighted by Gasteiger charge is -2.22. The molecule has 0 aliphatic rings. The second-order valence-electron chi connectivity index (χ2n) is 7.03. The third-order valence-corrected chi connectivity index (χ3v) is 4.31. The van der Waals surface area contributed by atoms with Crippen LogP contribution in [0.25, 0.3) is 0 Å². The molecule has 10 nitrogen and oxygen atoms in total. The van der Waals surface area contributed by atoms with Gasteiger partial charge in [-0.1, -0.05) is 0 Å². The Morgan fingerprint density at radius 3 is 1.83 bits per heavy atom. The molecule has 196 valence electrons. The van der Waals surface area contributed by atoms with Gasteiger partial charge in [-0.25, -0.2) is 4.79 Å². The number of halogens is 6. The zero-order valence-corrected chi connectivity index (χ0v) is 18.1. The molecule has 0 atom stereocenters. The third kappa shape index (κ3) is 11.4. The van der Waals surface area contributed by atoms with Crippen molar-refractivity contribution in [2.24, 2.45) is 0 Å². The molecule has 0 saturated heterocycles. The number of carbonyl (C=O) groups excluding carboxylic acids is 3. The van der Waals surface area contributed by atoms with Gasteiger partial charge in [0.2, 0.25) is 0 Å². The molecule has 2 N–H and O–H groups in total. The highest BCUT2D eigenvalue weighted by molar-refractivity contribution is 5.81. The topological polar surface area (TPSA) is 131 Å². The molecule has 0 aliphatic heterocycles. The van der Waals surface area contributed by atoms with Crippen LogP contribution in [0.5, 0.6) is 0 Å². The number of hydrogen-bond acceptors (Lipinski definition) is 6. The van der Waals surface area contributed by atoms with Gasteiger partial charge in [0.15, 0.2) is 0 Å². The van der Waals surface area contributed by atoms with E-state index in [9.17, 15) is 50.8 Å². The van der Waals surface area contributed by atoms with Crippen LogP contribution in [0, 0.1) is 10.1 Å². The number of benzene rings is 1. The van der Waals surface area contributed by atoms with Gasteiger partial charge in [-0.3, -0.25) is 19.7 Å².